The van der Waals surface area contributed by atoms with E-state index in [0.717, 1.165) is 0 Å². The van der Waals surface area contributed by atoms with Crippen LogP contribution in [0.2, 0.25) is 0 Å². The molecule has 0 aliphatic heterocycles. The van der Waals surface area contributed by atoms with Gasteiger partial charge in [0, 0.05) is 0 Å². The molecule has 13 heavy (non-hydrogen) atoms. The van der Waals surface area contributed by atoms with E-state index in [-0.39, 0.29) is 13.2 Å². The van der Waals surface area contributed by atoms with Gasteiger partial charge in [-0.05, 0) is 19.4 Å². The van der Waals surface area contributed by atoms with Crippen molar-refractivity contribution < 1.29 is 20.0 Å². The predicted octanol–water partition coefficient (Wildman–Crippen LogP) is -0.568. The number of aliphatic hydroxyl groups is 1. The van der Waals surface area contributed by atoms with Gasteiger partial charge in [-0.25, -0.2) is 4.84 Å². The number of nitrogens with one attached hydrogen (secondary N) is 1. The molecule has 0 aliphatic carbocycles. The molecular formula is C6H14N3O4+. The minimum atomic E-state index is -0.735. The molecule has 3 N–H and O–H groups in total. The molecule has 0 aromatic heterocycles. The first-order valence-corrected chi connectivity index (χ1v) is 3.74. The second-order valence-corrected chi connectivity index (χ2v) is 2.63. The Bertz CT molecular complexity index is 192. The second-order valence-electron chi connectivity index (χ2n) is 2.63. The van der Waals surface area contributed by atoms with Gasteiger partial charge in [0.1, 0.15) is 17.6 Å². The van der Waals surface area contributed by atoms with Crippen LogP contribution in [0.4, 0.5) is 0 Å². The van der Waals surface area contributed by atoms with Crippen LogP contribution in [-0.2, 0) is 4.84 Å². The summed E-state index contributed by atoms with van der Waals surface area (Å²) in [4.78, 5) is 15.7. The summed E-state index contributed by atoms with van der Waals surface area (Å²) < 4.78 is 0. The summed E-state index contributed by atoms with van der Waals surface area (Å²) in [6.45, 7) is 2.91. The van der Waals surface area contributed by atoms with E-state index in [1.54, 1.807) is 0 Å². The minimum absolute atomic E-state index is 0.00491. The van der Waals surface area contributed by atoms with E-state index >= 15 is 0 Å². The summed E-state index contributed by atoms with van der Waals surface area (Å²) >= 11 is 0. The van der Waals surface area contributed by atoms with Crippen molar-refractivity contribution in [1.82, 2.24) is 5.59 Å². The molecule has 0 fully saturated rings. The van der Waals surface area contributed by atoms with Crippen molar-refractivity contribution in [3.8, 4) is 0 Å². The number of hydrazine groups is 1. The summed E-state index contributed by atoms with van der Waals surface area (Å²) in [7, 11) is 0. The van der Waals surface area contributed by atoms with E-state index in [1.807, 2.05) is 5.59 Å². The molecule has 7 nitrogen and oxygen atoms in total. The van der Waals surface area contributed by atoms with Crippen LogP contribution in [0.15, 0.2) is 5.16 Å². The number of aliphatic hydroxyl groups excluding tert-OH is 1. The highest BCUT2D eigenvalue weighted by molar-refractivity contribution is 5.82. The normalized spacial score (nSPS) is 13.9. The first-order valence-electron chi connectivity index (χ1n) is 3.74. The maximum Gasteiger partial charge on any atom is 0.252 e. The Balaban J connectivity index is 3.48. The van der Waals surface area contributed by atoms with Gasteiger partial charge in [0.15, 0.2) is 0 Å². The fraction of sp³-hybridized carbons (Fsp3) is 0.833. The highest BCUT2D eigenvalue weighted by atomic mass is 16.7. The molecule has 0 bridgehead atoms. The standard InChI is InChI=1S/C6H13N3O4/c1-5(7-11)4-13-8-9(12)3-6(2)10/h6,10H,3-4H2,1-2H3,(H-,8,11,12)/p+1/b7-5-/t6-/m1/s1. The highest BCUT2D eigenvalue weighted by Gasteiger charge is 2.11. The van der Waals surface area contributed by atoms with Gasteiger partial charge < -0.3 is 10.3 Å². The van der Waals surface area contributed by atoms with Crippen LogP contribution in [-0.4, -0.2) is 40.2 Å². The number of nitroso groups, excluding NO2 is 1. The molecule has 0 amide bonds. The van der Waals surface area contributed by atoms with E-state index in [9.17, 15) is 4.91 Å². The fourth-order valence-electron chi connectivity index (χ4n) is 0.515. The van der Waals surface area contributed by atoms with E-state index in [2.05, 4.69) is 9.99 Å². The van der Waals surface area contributed by atoms with Crippen LogP contribution in [0.25, 0.3) is 0 Å². The summed E-state index contributed by atoms with van der Waals surface area (Å²) in [5.74, 6) is 0. The van der Waals surface area contributed by atoms with Crippen LogP contribution in [0.1, 0.15) is 13.8 Å². The van der Waals surface area contributed by atoms with Crippen molar-refractivity contribution in [1.29, 1.82) is 0 Å². The van der Waals surface area contributed by atoms with E-state index < -0.39 is 6.10 Å². The lowest BCUT2D eigenvalue weighted by atomic mass is 10.4. The van der Waals surface area contributed by atoms with Crippen LogP contribution in [0, 0.1) is 4.91 Å². The van der Waals surface area contributed by atoms with Crippen LogP contribution in [0.3, 0.4) is 0 Å². The van der Waals surface area contributed by atoms with Gasteiger partial charge in [0.05, 0.1) is 10.6 Å². The molecule has 0 aliphatic rings. The van der Waals surface area contributed by atoms with Crippen molar-refractivity contribution in [2.45, 2.75) is 20.0 Å². The van der Waals surface area contributed by atoms with Crippen LogP contribution < -0.4 is 5.59 Å². The smallest absolute Gasteiger partial charge is 0.252 e. The summed E-state index contributed by atoms with van der Waals surface area (Å²) in [5.41, 5.74) is 2.34. The molecule has 0 saturated heterocycles. The Hall–Kier alpha value is -1.21. The van der Waals surface area contributed by atoms with Crippen molar-refractivity contribution in [2.24, 2.45) is 5.16 Å². The number of hydrogen-bond donors (Lipinski definition) is 3. The molecule has 0 saturated carbocycles. The monoisotopic (exact) mass is 192 g/mol. The molecule has 0 spiro atoms. The third-order valence-corrected chi connectivity index (χ3v) is 1.05. The third kappa shape index (κ3) is 7.16. The second kappa shape index (κ2) is 6.32. The molecule has 0 radical (unpaired) electrons. The van der Waals surface area contributed by atoms with Gasteiger partial charge in [-0.3, -0.25) is 0 Å². The molecule has 0 heterocycles. The zero-order valence-corrected chi connectivity index (χ0v) is 7.60. The summed E-state index contributed by atoms with van der Waals surface area (Å²) in [6.07, 6.45) is -0.735. The zero-order chi connectivity index (χ0) is 10.3. The average molecular weight is 192 g/mol. The summed E-state index contributed by atoms with van der Waals surface area (Å²) in [6, 6.07) is 0. The van der Waals surface area contributed by atoms with E-state index in [4.69, 9.17) is 10.3 Å². The number of hydrogen-bond acceptors (Lipinski definition) is 5. The molecular weight excluding hydrogens is 178 g/mol. The molecule has 7 heteroatoms. The Morgan fingerprint density at radius 2 is 2.38 bits per heavy atom. The molecule has 0 rings (SSSR count). The van der Waals surface area contributed by atoms with Crippen molar-refractivity contribution in [2.75, 3.05) is 13.2 Å². The first kappa shape index (κ1) is 11.8. The largest absolute Gasteiger partial charge is 0.411 e. The molecule has 0 unspecified atom stereocenters. The highest BCUT2D eigenvalue weighted by Crippen LogP contribution is 1.80. The van der Waals surface area contributed by atoms with Gasteiger partial charge in [-0.1, -0.05) is 5.16 Å². The zero-order valence-electron chi connectivity index (χ0n) is 7.60. The Morgan fingerprint density at radius 1 is 1.77 bits per heavy atom. The molecule has 1 atom stereocenters. The number of nitrogens with zero attached hydrogens (tertiary/aromatic N) is 2. The molecule has 0 aromatic carbocycles. The van der Waals surface area contributed by atoms with Gasteiger partial charge in [-0.15, -0.1) is 0 Å². The van der Waals surface area contributed by atoms with Crippen molar-refractivity contribution in [3.63, 3.8) is 0 Å². The van der Waals surface area contributed by atoms with Gasteiger partial charge >= 0.3 is 0 Å². The van der Waals surface area contributed by atoms with Gasteiger partial charge in [-0.2, -0.15) is 0 Å². The first-order chi connectivity index (χ1) is 6.06. The van der Waals surface area contributed by atoms with Gasteiger partial charge in [0.2, 0.25) is 0 Å². The predicted molar refractivity (Wildman–Crippen MR) is 44.2 cm³/mol. The Morgan fingerprint density at radius 3 is 2.85 bits per heavy atom. The lowest BCUT2D eigenvalue weighted by Crippen LogP contribution is -2.33. The lowest BCUT2D eigenvalue weighted by Gasteiger charge is -1.99. The topological polar surface area (TPSA) is 94.2 Å². The van der Waals surface area contributed by atoms with Crippen molar-refractivity contribution in [3.05, 3.63) is 4.91 Å². The Kier molecular flexibility index (Phi) is 5.73. The third-order valence-electron chi connectivity index (χ3n) is 1.05. The lowest BCUT2D eigenvalue weighted by molar-refractivity contribution is -0.663. The SMILES string of the molecule is C/C(CON[N+](=O)C[C@@H](C)O)=N/O. The number of oxime groups is 1. The van der Waals surface area contributed by atoms with Crippen LogP contribution in [0.5, 0.6) is 0 Å². The Labute approximate surface area is 75.5 Å². The van der Waals surface area contributed by atoms with E-state index in [0.29, 0.717) is 10.6 Å². The van der Waals surface area contributed by atoms with Gasteiger partial charge in [0.25, 0.3) is 6.54 Å². The van der Waals surface area contributed by atoms with Crippen molar-refractivity contribution >= 4 is 5.71 Å². The summed E-state index contributed by atoms with van der Waals surface area (Å²) in [5, 5.41) is 19.8. The van der Waals surface area contributed by atoms with E-state index in [1.165, 1.54) is 13.8 Å². The maximum absolute atomic E-state index is 10.7. The quantitative estimate of drug-likeness (QED) is 0.227. The fourth-order valence-corrected chi connectivity index (χ4v) is 0.515. The maximum atomic E-state index is 10.7. The minimum Gasteiger partial charge on any atom is -0.411 e. The average Bonchev–Trinajstić information content (AvgIpc) is 2.02. The van der Waals surface area contributed by atoms with Crippen LogP contribution >= 0.6 is 0 Å². The molecule has 0 aromatic rings. The molecule has 76 valence electrons. The number of rotatable bonds is 6.